The van der Waals surface area contributed by atoms with Crippen molar-refractivity contribution in [2.45, 2.75) is 6.92 Å². The van der Waals surface area contributed by atoms with Gasteiger partial charge < -0.3 is 11.1 Å². The largest absolute Gasteiger partial charge is 0.396 e. The molecule has 0 saturated carbocycles. The molecule has 3 heterocycles. The van der Waals surface area contributed by atoms with Crippen molar-refractivity contribution in [1.29, 1.82) is 0 Å². The molecule has 6 heteroatoms. The van der Waals surface area contributed by atoms with Crippen molar-refractivity contribution >= 4 is 52.9 Å². The van der Waals surface area contributed by atoms with Crippen molar-refractivity contribution in [3.8, 4) is 0 Å². The van der Waals surface area contributed by atoms with Gasteiger partial charge in [0.15, 0.2) is 0 Å². The van der Waals surface area contributed by atoms with Gasteiger partial charge in [-0.3, -0.25) is 4.98 Å². The van der Waals surface area contributed by atoms with Gasteiger partial charge in [0.25, 0.3) is 0 Å². The number of aryl methyl sites for hydroxylation is 1. The number of fused-ring (bicyclic) bond motifs is 2. The van der Waals surface area contributed by atoms with E-state index >= 15 is 0 Å². The normalized spacial score (nSPS) is 12.4. The molecule has 0 unspecified atom stereocenters. The summed E-state index contributed by atoms with van der Waals surface area (Å²) in [5.41, 5.74) is 7.91. The summed E-state index contributed by atoms with van der Waals surface area (Å²) in [6.07, 6.45) is 3.51. The van der Waals surface area contributed by atoms with Gasteiger partial charge in [-0.2, -0.15) is 0 Å². The first kappa shape index (κ1) is 13.2. The number of hydrogen-bond acceptors (Lipinski definition) is 4. The Hall–Kier alpha value is -1.23. The van der Waals surface area contributed by atoms with Gasteiger partial charge in [-0.05, 0) is 19.1 Å². The van der Waals surface area contributed by atoms with Crippen molar-refractivity contribution in [1.82, 2.24) is 4.98 Å². The Labute approximate surface area is 119 Å². The third kappa shape index (κ3) is 2.07. The summed E-state index contributed by atoms with van der Waals surface area (Å²) in [4.78, 5) is 6.56. The first-order valence-corrected chi connectivity index (χ1v) is 6.33. The van der Waals surface area contributed by atoms with E-state index in [9.17, 15) is 0 Å². The predicted octanol–water partition coefficient (Wildman–Crippen LogP) is 1.81. The lowest BCUT2D eigenvalue weighted by Gasteiger charge is -1.99. The second kappa shape index (κ2) is 4.80. The maximum Gasteiger partial charge on any atom is 0.0962 e. The fourth-order valence-electron chi connectivity index (χ4n) is 1.87. The molecule has 0 atom stereocenters. The summed E-state index contributed by atoms with van der Waals surface area (Å²) in [6.45, 7) is 2.06. The topological polar surface area (TPSA) is 50.9 Å². The van der Waals surface area contributed by atoms with Crippen molar-refractivity contribution in [3.05, 3.63) is 43.7 Å². The fourth-order valence-corrected chi connectivity index (χ4v) is 2.97. The number of nitrogens with two attached hydrogens (primary N) is 1. The van der Waals surface area contributed by atoms with E-state index in [1.54, 1.807) is 17.5 Å². The van der Waals surface area contributed by atoms with E-state index in [4.69, 9.17) is 17.3 Å². The number of nitrogens with zero attached hydrogens (tertiary/aromatic N) is 1. The molecule has 0 radical (unpaired) electrons. The summed E-state index contributed by atoms with van der Waals surface area (Å²) < 4.78 is 0. The van der Waals surface area contributed by atoms with Crippen LogP contribution in [0.5, 0.6) is 0 Å². The standard InChI is InChI=1S/C12H10ClN3S.ClH/c1-6-2-9-12(17-6)10(14)11-7(4-15-9)3-8(13)5-16-11;/h2-5,15H,14H2,1H3;1H. The number of nitrogens with one attached hydrogen (secondary N) is 1. The van der Waals surface area contributed by atoms with E-state index in [-0.39, 0.29) is 12.4 Å². The van der Waals surface area contributed by atoms with Gasteiger partial charge in [-0.25, -0.2) is 0 Å². The van der Waals surface area contributed by atoms with Crippen LogP contribution < -0.4 is 21.6 Å². The second-order valence-corrected chi connectivity index (χ2v) is 5.59. The molecule has 0 bridgehead atoms. The minimum atomic E-state index is 0. The highest BCUT2D eigenvalue weighted by Crippen LogP contribution is 2.30. The summed E-state index contributed by atoms with van der Waals surface area (Å²) in [7, 11) is 0. The van der Waals surface area contributed by atoms with Crippen LogP contribution in [0.1, 0.15) is 9.75 Å². The van der Waals surface area contributed by atoms with Gasteiger partial charge in [0.1, 0.15) is 0 Å². The SMILES string of the molecule is Cc1cc2c(s1)C(N)=c1ncc(Cl)cc1=CN2.Cl. The monoisotopic (exact) mass is 299 g/mol. The van der Waals surface area contributed by atoms with Crippen LogP contribution in [0.2, 0.25) is 5.02 Å². The fraction of sp³-hybridized carbons (Fsp3) is 0.0833. The molecular weight excluding hydrogens is 289 g/mol. The molecule has 0 saturated heterocycles. The quantitative estimate of drug-likeness (QED) is 0.780. The maximum absolute atomic E-state index is 6.18. The molecule has 18 heavy (non-hydrogen) atoms. The molecular formula is C12H11Cl2N3S. The minimum Gasteiger partial charge on any atom is -0.396 e. The Morgan fingerprint density at radius 2 is 2.17 bits per heavy atom. The Morgan fingerprint density at radius 1 is 1.39 bits per heavy atom. The summed E-state index contributed by atoms with van der Waals surface area (Å²) in [6, 6.07) is 3.93. The smallest absolute Gasteiger partial charge is 0.0962 e. The molecule has 0 aromatic carbocycles. The van der Waals surface area contributed by atoms with E-state index in [0.29, 0.717) is 10.7 Å². The number of halogens is 2. The molecule has 0 fully saturated rings. The van der Waals surface area contributed by atoms with Gasteiger partial charge in [0.2, 0.25) is 0 Å². The third-order valence-electron chi connectivity index (χ3n) is 2.62. The molecule has 1 aliphatic rings. The van der Waals surface area contributed by atoms with E-state index in [1.165, 1.54) is 4.88 Å². The molecule has 2 aromatic rings. The van der Waals surface area contributed by atoms with Crippen LogP contribution in [0.4, 0.5) is 5.69 Å². The van der Waals surface area contributed by atoms with Crippen LogP contribution in [0.3, 0.4) is 0 Å². The van der Waals surface area contributed by atoms with Crippen LogP contribution in [-0.4, -0.2) is 4.98 Å². The van der Waals surface area contributed by atoms with Crippen LogP contribution >= 0.6 is 35.3 Å². The van der Waals surface area contributed by atoms with Gasteiger partial charge in [0.05, 0.1) is 26.6 Å². The molecule has 3 rings (SSSR count). The first-order chi connectivity index (χ1) is 8.15. The highest BCUT2D eigenvalue weighted by atomic mass is 35.5. The van der Waals surface area contributed by atoms with Crippen LogP contribution in [0.25, 0.3) is 11.9 Å². The Morgan fingerprint density at radius 3 is 2.94 bits per heavy atom. The third-order valence-corrected chi connectivity index (χ3v) is 3.91. The molecule has 2 aromatic heterocycles. The zero-order valence-electron chi connectivity index (χ0n) is 9.53. The number of pyridine rings is 1. The van der Waals surface area contributed by atoms with Gasteiger partial charge in [0, 0.05) is 22.5 Å². The van der Waals surface area contributed by atoms with Gasteiger partial charge in [-0.1, -0.05) is 11.6 Å². The predicted molar refractivity (Wildman–Crippen MR) is 79.6 cm³/mol. The van der Waals surface area contributed by atoms with Crippen LogP contribution in [-0.2, 0) is 0 Å². The average molecular weight is 300 g/mol. The highest BCUT2D eigenvalue weighted by Gasteiger charge is 2.12. The first-order valence-electron chi connectivity index (χ1n) is 5.14. The van der Waals surface area contributed by atoms with E-state index in [1.807, 2.05) is 12.3 Å². The number of hydrogen-bond donors (Lipinski definition) is 2. The van der Waals surface area contributed by atoms with Crippen molar-refractivity contribution in [2.75, 3.05) is 5.32 Å². The number of thiophene rings is 1. The molecule has 0 amide bonds. The highest BCUT2D eigenvalue weighted by molar-refractivity contribution is 7.13. The maximum atomic E-state index is 6.18. The lowest BCUT2D eigenvalue weighted by Crippen LogP contribution is -2.32. The molecule has 0 spiro atoms. The van der Waals surface area contributed by atoms with Crippen molar-refractivity contribution in [3.63, 3.8) is 0 Å². The van der Waals surface area contributed by atoms with E-state index < -0.39 is 0 Å². The van der Waals surface area contributed by atoms with Crippen LogP contribution in [0.15, 0.2) is 18.3 Å². The molecule has 0 aliphatic carbocycles. The number of rotatable bonds is 0. The zero-order chi connectivity index (χ0) is 12.0. The second-order valence-electron chi connectivity index (χ2n) is 3.89. The molecule has 1 aliphatic heterocycles. The lowest BCUT2D eigenvalue weighted by molar-refractivity contribution is 1.20. The summed E-state index contributed by atoms with van der Waals surface area (Å²) in [5.74, 6) is 0. The molecule has 3 nitrogen and oxygen atoms in total. The Kier molecular flexibility index (Phi) is 3.52. The zero-order valence-corrected chi connectivity index (χ0v) is 11.9. The average Bonchev–Trinajstić information content (AvgIpc) is 2.62. The van der Waals surface area contributed by atoms with E-state index in [2.05, 4.69) is 23.3 Å². The molecule has 94 valence electrons. The lowest BCUT2D eigenvalue weighted by atomic mass is 10.2. The van der Waals surface area contributed by atoms with Crippen molar-refractivity contribution < 1.29 is 0 Å². The van der Waals surface area contributed by atoms with Crippen LogP contribution in [0, 0.1) is 6.92 Å². The summed E-state index contributed by atoms with van der Waals surface area (Å²) in [5, 5.41) is 5.55. The Bertz CT molecular complexity index is 721. The van der Waals surface area contributed by atoms with E-state index in [0.717, 1.165) is 21.1 Å². The minimum absolute atomic E-state index is 0. The summed E-state index contributed by atoms with van der Waals surface area (Å²) >= 11 is 7.59. The van der Waals surface area contributed by atoms with Crippen molar-refractivity contribution in [2.24, 2.45) is 5.73 Å². The van der Waals surface area contributed by atoms with Gasteiger partial charge >= 0.3 is 0 Å². The number of anilines is 1. The van der Waals surface area contributed by atoms with Gasteiger partial charge in [-0.15, -0.1) is 23.7 Å². The molecule has 3 N–H and O–H groups in total. The number of aromatic nitrogens is 1. The Balaban J connectivity index is 0.00000120.